The molecule has 2 heterocycles. The molecule has 1 aliphatic rings. The largest absolute Gasteiger partial charge is 0.497 e. The third kappa shape index (κ3) is 4.21. The molecule has 2 aromatic rings. The Kier molecular flexibility index (Phi) is 5.10. The van der Waals surface area contributed by atoms with Crippen molar-refractivity contribution in [2.24, 2.45) is 0 Å². The maximum Gasteiger partial charge on any atom is 0.118 e. The zero-order chi connectivity index (χ0) is 16.1. The third-order valence-corrected chi connectivity index (χ3v) is 4.18. The van der Waals surface area contributed by atoms with Gasteiger partial charge in [0.25, 0.3) is 0 Å². The van der Waals surface area contributed by atoms with E-state index in [2.05, 4.69) is 28.2 Å². The SMILES string of the molecule is COc1ccc(C2=CCN(C[C@@H](O)Cn3cccn3)CC2)cc1. The summed E-state index contributed by atoms with van der Waals surface area (Å²) in [5, 5.41) is 14.3. The van der Waals surface area contributed by atoms with Gasteiger partial charge in [-0.15, -0.1) is 0 Å². The summed E-state index contributed by atoms with van der Waals surface area (Å²) in [6.07, 6.45) is 6.47. The van der Waals surface area contributed by atoms with Crippen LogP contribution in [0.15, 0.2) is 48.8 Å². The highest BCUT2D eigenvalue weighted by atomic mass is 16.5. The Hall–Kier alpha value is -2.11. The number of aliphatic hydroxyl groups is 1. The summed E-state index contributed by atoms with van der Waals surface area (Å²) in [5.41, 5.74) is 2.62. The topological polar surface area (TPSA) is 50.5 Å². The molecule has 1 aliphatic heterocycles. The summed E-state index contributed by atoms with van der Waals surface area (Å²) in [6.45, 7) is 3.05. The van der Waals surface area contributed by atoms with Gasteiger partial charge in [-0.3, -0.25) is 9.58 Å². The van der Waals surface area contributed by atoms with Crippen LogP contribution in [0.4, 0.5) is 0 Å². The van der Waals surface area contributed by atoms with Crippen molar-refractivity contribution in [3.8, 4) is 5.75 Å². The average Bonchev–Trinajstić information content (AvgIpc) is 3.08. The van der Waals surface area contributed by atoms with E-state index in [1.165, 1.54) is 11.1 Å². The van der Waals surface area contributed by atoms with Crippen LogP contribution in [0, 0.1) is 0 Å². The lowest BCUT2D eigenvalue weighted by atomic mass is 9.99. The highest BCUT2D eigenvalue weighted by Crippen LogP contribution is 2.24. The van der Waals surface area contributed by atoms with Crippen LogP contribution >= 0.6 is 0 Å². The van der Waals surface area contributed by atoms with Crippen LogP contribution in [0.5, 0.6) is 5.75 Å². The first-order valence-electron chi connectivity index (χ1n) is 7.96. The van der Waals surface area contributed by atoms with Gasteiger partial charge in [0, 0.05) is 32.0 Å². The van der Waals surface area contributed by atoms with Gasteiger partial charge >= 0.3 is 0 Å². The Morgan fingerprint density at radius 3 is 2.70 bits per heavy atom. The van der Waals surface area contributed by atoms with Crippen molar-refractivity contribution >= 4 is 5.57 Å². The fraction of sp³-hybridized carbons (Fsp3) is 0.389. The molecule has 0 saturated heterocycles. The van der Waals surface area contributed by atoms with Gasteiger partial charge in [-0.1, -0.05) is 18.2 Å². The number of benzene rings is 1. The first-order chi connectivity index (χ1) is 11.2. The Balaban J connectivity index is 1.53. The number of β-amino-alcohol motifs (C(OH)–C–C–N with tert-alkyl or cyclic N) is 1. The van der Waals surface area contributed by atoms with Crippen molar-refractivity contribution in [2.45, 2.75) is 19.1 Å². The molecule has 23 heavy (non-hydrogen) atoms. The number of rotatable bonds is 6. The number of nitrogens with zero attached hydrogens (tertiary/aromatic N) is 3. The van der Waals surface area contributed by atoms with E-state index in [0.29, 0.717) is 13.1 Å². The highest BCUT2D eigenvalue weighted by Gasteiger charge is 2.16. The summed E-state index contributed by atoms with van der Waals surface area (Å²) >= 11 is 0. The van der Waals surface area contributed by atoms with Crippen LogP contribution in [0.1, 0.15) is 12.0 Å². The zero-order valence-corrected chi connectivity index (χ0v) is 13.4. The number of methoxy groups -OCH3 is 1. The molecule has 5 nitrogen and oxygen atoms in total. The second-order valence-electron chi connectivity index (χ2n) is 5.85. The fourth-order valence-electron chi connectivity index (χ4n) is 2.92. The van der Waals surface area contributed by atoms with E-state index >= 15 is 0 Å². The predicted octanol–water partition coefficient (Wildman–Crippen LogP) is 2.04. The number of hydrogen-bond donors (Lipinski definition) is 1. The highest BCUT2D eigenvalue weighted by molar-refractivity contribution is 5.67. The van der Waals surface area contributed by atoms with Gasteiger partial charge in [0.1, 0.15) is 5.75 Å². The molecule has 5 heteroatoms. The predicted molar refractivity (Wildman–Crippen MR) is 90.3 cm³/mol. The first-order valence-corrected chi connectivity index (χ1v) is 7.96. The van der Waals surface area contributed by atoms with Crippen molar-refractivity contribution in [1.29, 1.82) is 0 Å². The molecular weight excluding hydrogens is 290 g/mol. The van der Waals surface area contributed by atoms with Crippen LogP contribution in [0.25, 0.3) is 5.57 Å². The van der Waals surface area contributed by atoms with Crippen LogP contribution in [0.2, 0.25) is 0 Å². The molecule has 0 fully saturated rings. The van der Waals surface area contributed by atoms with Gasteiger partial charge < -0.3 is 9.84 Å². The van der Waals surface area contributed by atoms with E-state index in [0.717, 1.165) is 25.3 Å². The van der Waals surface area contributed by atoms with E-state index < -0.39 is 6.10 Å². The van der Waals surface area contributed by atoms with Crippen LogP contribution in [-0.2, 0) is 6.54 Å². The molecule has 1 aromatic heterocycles. The van der Waals surface area contributed by atoms with Gasteiger partial charge in [0.05, 0.1) is 19.8 Å². The van der Waals surface area contributed by atoms with Crippen LogP contribution < -0.4 is 4.74 Å². The summed E-state index contributed by atoms with van der Waals surface area (Å²) in [4.78, 5) is 2.28. The van der Waals surface area contributed by atoms with Crippen LogP contribution in [0.3, 0.4) is 0 Å². The lowest BCUT2D eigenvalue weighted by Crippen LogP contribution is -2.37. The minimum Gasteiger partial charge on any atom is -0.497 e. The van der Waals surface area contributed by atoms with Crippen molar-refractivity contribution in [3.63, 3.8) is 0 Å². The molecular formula is C18H23N3O2. The van der Waals surface area contributed by atoms with E-state index in [-0.39, 0.29) is 0 Å². The standard InChI is InChI=1S/C18H23N3O2/c1-23-18-5-3-15(4-6-18)16-7-11-20(12-8-16)13-17(22)14-21-10-2-9-19-21/h2-7,9-10,17,22H,8,11-14H2,1H3/t17-/m1/s1. The van der Waals surface area contributed by atoms with Crippen molar-refractivity contribution < 1.29 is 9.84 Å². The summed E-state index contributed by atoms with van der Waals surface area (Å²) < 4.78 is 6.97. The monoisotopic (exact) mass is 313 g/mol. The first kappa shape index (κ1) is 15.8. The second-order valence-corrected chi connectivity index (χ2v) is 5.85. The molecule has 1 aromatic carbocycles. The molecule has 3 rings (SSSR count). The molecule has 0 spiro atoms. The van der Waals surface area contributed by atoms with Gasteiger partial charge in [-0.05, 0) is 35.8 Å². The molecule has 0 amide bonds. The van der Waals surface area contributed by atoms with Crippen molar-refractivity contribution in [3.05, 3.63) is 54.4 Å². The molecule has 0 unspecified atom stereocenters. The molecule has 0 radical (unpaired) electrons. The lowest BCUT2D eigenvalue weighted by molar-refractivity contribution is 0.0997. The van der Waals surface area contributed by atoms with E-state index in [1.807, 2.05) is 24.4 Å². The van der Waals surface area contributed by atoms with Gasteiger partial charge in [-0.25, -0.2) is 0 Å². The van der Waals surface area contributed by atoms with Crippen molar-refractivity contribution in [2.75, 3.05) is 26.7 Å². The number of hydrogen-bond acceptors (Lipinski definition) is 4. The average molecular weight is 313 g/mol. The maximum absolute atomic E-state index is 10.2. The number of aromatic nitrogens is 2. The summed E-state index contributed by atoms with van der Waals surface area (Å²) in [5.74, 6) is 0.883. The van der Waals surface area contributed by atoms with Gasteiger partial charge in [0.2, 0.25) is 0 Å². The molecule has 0 bridgehead atoms. The maximum atomic E-state index is 10.2. The minimum absolute atomic E-state index is 0.397. The second kappa shape index (κ2) is 7.44. The summed E-state index contributed by atoms with van der Waals surface area (Å²) in [7, 11) is 1.68. The van der Waals surface area contributed by atoms with E-state index in [1.54, 1.807) is 18.0 Å². The number of ether oxygens (including phenoxy) is 1. The van der Waals surface area contributed by atoms with E-state index in [4.69, 9.17) is 4.74 Å². The molecule has 0 aliphatic carbocycles. The smallest absolute Gasteiger partial charge is 0.118 e. The molecule has 0 saturated carbocycles. The van der Waals surface area contributed by atoms with Gasteiger partial charge in [0.15, 0.2) is 0 Å². The van der Waals surface area contributed by atoms with Gasteiger partial charge in [-0.2, -0.15) is 5.10 Å². The molecule has 1 N–H and O–H groups in total. The van der Waals surface area contributed by atoms with Crippen molar-refractivity contribution in [1.82, 2.24) is 14.7 Å². The molecule has 1 atom stereocenters. The fourth-order valence-corrected chi connectivity index (χ4v) is 2.92. The molecule has 122 valence electrons. The third-order valence-electron chi connectivity index (χ3n) is 4.18. The number of aliphatic hydroxyl groups excluding tert-OH is 1. The Morgan fingerprint density at radius 1 is 1.26 bits per heavy atom. The zero-order valence-electron chi connectivity index (χ0n) is 13.4. The minimum atomic E-state index is -0.397. The van der Waals surface area contributed by atoms with E-state index in [9.17, 15) is 5.11 Å². The van der Waals surface area contributed by atoms with Crippen LogP contribution in [-0.4, -0.2) is 52.6 Å². The normalized spacial score (nSPS) is 16.9. The quantitative estimate of drug-likeness (QED) is 0.887. The lowest BCUT2D eigenvalue weighted by Gasteiger charge is -2.28. The Bertz CT molecular complexity index is 635. The Morgan fingerprint density at radius 2 is 2.09 bits per heavy atom. The summed E-state index contributed by atoms with van der Waals surface area (Å²) in [6, 6.07) is 10.1. The Labute approximate surface area is 136 Å².